The third-order valence-electron chi connectivity index (χ3n) is 1.27. The molecule has 86 valence electrons. The molecule has 1 aromatic rings. The van der Waals surface area contributed by atoms with Gasteiger partial charge in [0.1, 0.15) is 4.90 Å². The maximum absolute atomic E-state index is 12.1. The average Bonchev–Trinajstić information content (AvgIpc) is 2.43. The normalized spacial score (nSPS) is 13.3. The van der Waals surface area contributed by atoms with E-state index in [-0.39, 0.29) is 10.8 Å². The smallest absolute Gasteiger partial charge is 0.350 e. The average molecular weight is 269 g/mol. The summed E-state index contributed by atoms with van der Waals surface area (Å²) in [6.07, 6.45) is -10.0. The molecule has 1 heterocycles. The van der Waals surface area contributed by atoms with Crippen LogP contribution in [0.5, 0.6) is 0 Å². The van der Waals surface area contributed by atoms with Crippen molar-refractivity contribution in [2.75, 3.05) is 0 Å². The topological polar surface area (TPSA) is 26.0 Å². The van der Waals surface area contributed by atoms with Gasteiger partial charge in [-0.2, -0.15) is 26.3 Å². The molecule has 0 aliphatic heterocycles. The quantitative estimate of drug-likeness (QED) is 0.479. The molecule has 0 bridgehead atoms. The molecule has 0 saturated heterocycles. The van der Waals surface area contributed by atoms with Crippen LogP contribution in [0.3, 0.4) is 0 Å². The summed E-state index contributed by atoms with van der Waals surface area (Å²) in [6.45, 7) is 0. The lowest BCUT2D eigenvalue weighted by Crippen LogP contribution is -2.09. The van der Waals surface area contributed by atoms with Crippen LogP contribution in [0.25, 0.3) is 0 Å². The third kappa shape index (κ3) is 2.54. The molecule has 1 rings (SSSR count). The molecule has 0 fully saturated rings. The number of thiol groups is 1. The van der Waals surface area contributed by atoms with E-state index in [4.69, 9.17) is 0 Å². The number of rotatable bonds is 1. The van der Waals surface area contributed by atoms with E-state index >= 15 is 0 Å². The van der Waals surface area contributed by atoms with Gasteiger partial charge < -0.3 is 4.52 Å². The highest BCUT2D eigenvalue weighted by molar-refractivity contribution is 8.68. The van der Waals surface area contributed by atoms with Crippen LogP contribution < -0.4 is 0 Å². The number of halogens is 6. The summed E-state index contributed by atoms with van der Waals surface area (Å²) < 4.78 is 76.2. The second-order valence-electron chi connectivity index (χ2n) is 2.28. The second kappa shape index (κ2) is 3.81. The molecular weight excluding hydrogens is 268 g/mol. The van der Waals surface area contributed by atoms with Crippen molar-refractivity contribution in [2.24, 2.45) is 0 Å². The van der Waals surface area contributed by atoms with Crippen LogP contribution >= 0.6 is 22.5 Å². The van der Waals surface area contributed by atoms with Gasteiger partial charge in [-0.3, -0.25) is 0 Å². The van der Waals surface area contributed by atoms with Crippen molar-refractivity contribution < 1.29 is 30.9 Å². The second-order valence-corrected chi connectivity index (χ2v) is 3.41. The molecule has 0 aliphatic rings. The van der Waals surface area contributed by atoms with E-state index < -0.39 is 28.7 Å². The van der Waals surface area contributed by atoms with E-state index in [0.29, 0.717) is 0 Å². The monoisotopic (exact) mass is 269 g/mol. The number of hydrogen-bond acceptors (Lipinski definition) is 4. The molecule has 0 aliphatic carbocycles. The molecule has 15 heavy (non-hydrogen) atoms. The van der Waals surface area contributed by atoms with Gasteiger partial charge in [-0.15, -0.1) is 11.7 Å². The van der Waals surface area contributed by atoms with Crippen LogP contribution in [0, 0.1) is 0 Å². The van der Waals surface area contributed by atoms with Crippen molar-refractivity contribution in [3.63, 3.8) is 0 Å². The summed E-state index contributed by atoms with van der Waals surface area (Å²) in [5.41, 5.74) is -1.73. The Kier molecular flexibility index (Phi) is 3.19. The first-order chi connectivity index (χ1) is 6.68. The molecule has 0 N–H and O–H groups in total. The zero-order valence-electron chi connectivity index (χ0n) is 6.48. The molecule has 0 amide bonds. The van der Waals surface area contributed by atoms with Gasteiger partial charge in [-0.05, 0) is 0 Å². The van der Waals surface area contributed by atoms with Crippen LogP contribution in [0.1, 0.15) is 11.5 Å². The standard InChI is InChI=1S/C5HF6NOS2/c6-4(7,8)2-1(15-14)3(13-12-2)5(9,10)11/h14H. The van der Waals surface area contributed by atoms with Crippen molar-refractivity contribution in [2.45, 2.75) is 17.2 Å². The Labute approximate surface area is 87.8 Å². The van der Waals surface area contributed by atoms with Gasteiger partial charge in [-0.25, -0.2) is 0 Å². The summed E-state index contributed by atoms with van der Waals surface area (Å²) in [5, 5.41) is 2.33. The molecule has 0 atom stereocenters. The van der Waals surface area contributed by atoms with Crippen LogP contribution in [-0.2, 0) is 12.4 Å². The lowest BCUT2D eigenvalue weighted by atomic mass is 10.3. The van der Waals surface area contributed by atoms with Gasteiger partial charge >= 0.3 is 12.4 Å². The first-order valence-corrected chi connectivity index (χ1v) is 5.00. The Morgan fingerprint density at radius 1 is 1.07 bits per heavy atom. The number of alkyl halides is 6. The Morgan fingerprint density at radius 2 is 1.60 bits per heavy atom. The summed E-state index contributed by atoms with van der Waals surface area (Å²) in [4.78, 5) is -1.18. The SMILES string of the molecule is FC(F)(F)c1noc(C(F)(F)F)c1SS. The molecule has 0 aromatic carbocycles. The van der Waals surface area contributed by atoms with Gasteiger partial charge in [0, 0.05) is 0 Å². The fraction of sp³-hybridized carbons (Fsp3) is 0.400. The van der Waals surface area contributed by atoms with E-state index in [0.717, 1.165) is 0 Å². The van der Waals surface area contributed by atoms with E-state index in [1.54, 1.807) is 0 Å². The maximum Gasteiger partial charge on any atom is 0.453 e. The summed E-state index contributed by atoms with van der Waals surface area (Å²) in [5.74, 6) is -1.80. The van der Waals surface area contributed by atoms with Crippen LogP contribution in [0.2, 0.25) is 0 Å². The van der Waals surface area contributed by atoms with Crippen LogP contribution in [-0.4, -0.2) is 5.16 Å². The Morgan fingerprint density at radius 3 is 1.93 bits per heavy atom. The highest BCUT2D eigenvalue weighted by Gasteiger charge is 2.46. The number of hydrogen-bond donors (Lipinski definition) is 1. The molecule has 10 heteroatoms. The molecule has 0 saturated carbocycles. The van der Waals surface area contributed by atoms with Crippen LogP contribution in [0.15, 0.2) is 9.42 Å². The van der Waals surface area contributed by atoms with Gasteiger partial charge in [-0.1, -0.05) is 16.0 Å². The fourth-order valence-corrected chi connectivity index (χ4v) is 1.71. The summed E-state index contributed by atoms with van der Waals surface area (Å²) in [7, 11) is -0.0194. The number of aromatic nitrogens is 1. The van der Waals surface area contributed by atoms with Crippen molar-refractivity contribution in [3.8, 4) is 0 Å². The molecule has 0 unspecified atom stereocenters. The molecule has 0 spiro atoms. The highest BCUT2D eigenvalue weighted by Crippen LogP contribution is 2.44. The molecule has 0 radical (unpaired) electrons. The minimum Gasteiger partial charge on any atom is -0.350 e. The van der Waals surface area contributed by atoms with Gasteiger partial charge in [0.25, 0.3) is 5.76 Å². The summed E-state index contributed by atoms with van der Waals surface area (Å²) in [6, 6.07) is 0. The van der Waals surface area contributed by atoms with Gasteiger partial charge in [0.15, 0.2) is 0 Å². The van der Waals surface area contributed by atoms with Crippen molar-refractivity contribution in [3.05, 3.63) is 11.5 Å². The highest BCUT2D eigenvalue weighted by atomic mass is 33.1. The molecule has 1 aromatic heterocycles. The predicted octanol–water partition coefficient (Wildman–Crippen LogP) is 3.65. The number of nitrogens with zero attached hydrogens (tertiary/aromatic N) is 1. The lowest BCUT2D eigenvalue weighted by molar-refractivity contribution is -0.157. The van der Waals surface area contributed by atoms with Crippen molar-refractivity contribution in [1.82, 2.24) is 5.16 Å². The lowest BCUT2D eigenvalue weighted by Gasteiger charge is -2.04. The predicted molar refractivity (Wildman–Crippen MR) is 41.4 cm³/mol. The van der Waals surface area contributed by atoms with E-state index in [1.807, 2.05) is 0 Å². The fourth-order valence-electron chi connectivity index (χ4n) is 0.727. The Bertz CT molecular complexity index is 324. The Balaban J connectivity index is 3.30. The van der Waals surface area contributed by atoms with Crippen LogP contribution in [0.4, 0.5) is 26.3 Å². The summed E-state index contributed by atoms with van der Waals surface area (Å²) >= 11 is 3.30. The Hall–Kier alpha value is -0.510. The first-order valence-electron chi connectivity index (χ1n) is 3.13. The minimum absolute atomic E-state index is 0.0194. The zero-order chi connectivity index (χ0) is 11.9. The maximum atomic E-state index is 12.1. The largest absolute Gasteiger partial charge is 0.453 e. The minimum atomic E-state index is -5.03. The molecular formula is C5HF6NOS2. The van der Waals surface area contributed by atoms with E-state index in [1.165, 1.54) is 0 Å². The first kappa shape index (κ1) is 12.6. The molecule has 2 nitrogen and oxygen atoms in total. The zero-order valence-corrected chi connectivity index (χ0v) is 8.19. The van der Waals surface area contributed by atoms with E-state index in [9.17, 15) is 26.3 Å². The van der Waals surface area contributed by atoms with E-state index in [2.05, 4.69) is 21.3 Å². The third-order valence-corrected chi connectivity index (χ3v) is 2.38. The van der Waals surface area contributed by atoms with Gasteiger partial charge in [0.2, 0.25) is 5.69 Å². The van der Waals surface area contributed by atoms with Crippen molar-refractivity contribution >= 4 is 22.5 Å². The van der Waals surface area contributed by atoms with Crippen molar-refractivity contribution in [1.29, 1.82) is 0 Å². The van der Waals surface area contributed by atoms with Gasteiger partial charge in [0.05, 0.1) is 0 Å².